The van der Waals surface area contributed by atoms with Gasteiger partial charge in [-0.05, 0) is 19.7 Å². The molecule has 3 aromatic rings. The van der Waals surface area contributed by atoms with E-state index in [1.54, 1.807) is 7.05 Å². The summed E-state index contributed by atoms with van der Waals surface area (Å²) < 4.78 is 2.83. The smallest absolute Gasteiger partial charge is 0.264 e. The van der Waals surface area contributed by atoms with Crippen molar-refractivity contribution in [1.82, 2.24) is 29.5 Å². The molecule has 0 fully saturated rings. The van der Waals surface area contributed by atoms with Gasteiger partial charge in [-0.2, -0.15) is 5.10 Å². The summed E-state index contributed by atoms with van der Waals surface area (Å²) in [5.41, 5.74) is 1.24. The Hall–Kier alpha value is -3.00. The topological polar surface area (TPSA) is 85.1 Å². The minimum absolute atomic E-state index is 0.0899. The molecule has 0 spiro atoms. The van der Waals surface area contributed by atoms with Crippen molar-refractivity contribution in [1.29, 1.82) is 0 Å². The summed E-state index contributed by atoms with van der Waals surface area (Å²) in [6.07, 6.45) is 2.85. The molecule has 0 radical (unpaired) electrons. The van der Waals surface area contributed by atoms with E-state index in [-0.39, 0.29) is 24.1 Å². The minimum atomic E-state index is -0.276. The SMILES string of the molecule is CN(C)CC(NC(=O)Cn1cnc2c(cnn2C)c1=O)c1ccccc1. The van der Waals surface area contributed by atoms with Crippen LogP contribution in [0.5, 0.6) is 0 Å². The first kappa shape index (κ1) is 17.8. The first-order valence-corrected chi connectivity index (χ1v) is 8.32. The molecule has 0 aliphatic rings. The Kier molecular flexibility index (Phi) is 5.13. The minimum Gasteiger partial charge on any atom is -0.346 e. The zero-order valence-electron chi connectivity index (χ0n) is 15.1. The van der Waals surface area contributed by atoms with E-state index in [0.29, 0.717) is 17.6 Å². The highest BCUT2D eigenvalue weighted by Gasteiger charge is 2.17. The van der Waals surface area contributed by atoms with Gasteiger partial charge in [0, 0.05) is 13.6 Å². The van der Waals surface area contributed by atoms with Gasteiger partial charge in [-0.3, -0.25) is 18.8 Å². The standard InChI is InChI=1S/C18H22N6O2/c1-22(2)10-15(13-7-5-4-6-8-13)21-16(25)11-24-12-19-17-14(18(24)26)9-20-23(17)3/h4-9,12,15H,10-11H2,1-3H3,(H,21,25). The number of carbonyl (C=O) groups is 1. The van der Waals surface area contributed by atoms with Crippen molar-refractivity contribution >= 4 is 16.9 Å². The quantitative estimate of drug-likeness (QED) is 0.699. The molecular formula is C18H22N6O2. The van der Waals surface area contributed by atoms with Gasteiger partial charge >= 0.3 is 0 Å². The third kappa shape index (κ3) is 3.80. The summed E-state index contributed by atoms with van der Waals surface area (Å²) in [5, 5.41) is 7.44. The number of aryl methyl sites for hydroxylation is 1. The van der Waals surface area contributed by atoms with Crippen LogP contribution in [0.3, 0.4) is 0 Å². The maximum Gasteiger partial charge on any atom is 0.264 e. The Morgan fingerprint density at radius 3 is 2.69 bits per heavy atom. The summed E-state index contributed by atoms with van der Waals surface area (Å²) >= 11 is 0. The van der Waals surface area contributed by atoms with Gasteiger partial charge in [0.2, 0.25) is 5.91 Å². The van der Waals surface area contributed by atoms with Crippen molar-refractivity contribution in [2.75, 3.05) is 20.6 Å². The highest BCUT2D eigenvalue weighted by atomic mass is 16.2. The predicted octanol–water partition coefficient (Wildman–Crippen LogP) is 0.549. The van der Waals surface area contributed by atoms with Crippen molar-refractivity contribution < 1.29 is 4.79 Å². The average Bonchev–Trinajstić information content (AvgIpc) is 2.99. The van der Waals surface area contributed by atoms with Gasteiger partial charge < -0.3 is 10.2 Å². The number of carbonyl (C=O) groups excluding carboxylic acids is 1. The van der Waals surface area contributed by atoms with Crippen LogP contribution in [0, 0.1) is 0 Å². The lowest BCUT2D eigenvalue weighted by atomic mass is 10.1. The molecule has 1 atom stereocenters. The summed E-state index contributed by atoms with van der Waals surface area (Å²) in [6, 6.07) is 9.61. The van der Waals surface area contributed by atoms with E-state index >= 15 is 0 Å². The molecule has 136 valence electrons. The van der Waals surface area contributed by atoms with Crippen LogP contribution in [0.4, 0.5) is 0 Å². The predicted molar refractivity (Wildman–Crippen MR) is 98.6 cm³/mol. The molecule has 0 bridgehead atoms. The average molecular weight is 354 g/mol. The second kappa shape index (κ2) is 7.49. The summed E-state index contributed by atoms with van der Waals surface area (Å²) in [4.78, 5) is 31.2. The number of benzene rings is 1. The number of rotatable bonds is 6. The fourth-order valence-electron chi connectivity index (χ4n) is 2.86. The fourth-order valence-corrected chi connectivity index (χ4v) is 2.86. The van der Waals surface area contributed by atoms with Gasteiger partial charge in [-0.15, -0.1) is 0 Å². The molecule has 1 N–H and O–H groups in total. The van der Waals surface area contributed by atoms with E-state index in [9.17, 15) is 9.59 Å². The highest BCUT2D eigenvalue weighted by Crippen LogP contribution is 2.13. The van der Waals surface area contributed by atoms with Gasteiger partial charge in [0.1, 0.15) is 18.3 Å². The molecule has 8 nitrogen and oxygen atoms in total. The van der Waals surface area contributed by atoms with Crippen LogP contribution in [0.2, 0.25) is 0 Å². The van der Waals surface area contributed by atoms with Crippen molar-refractivity contribution in [2.24, 2.45) is 7.05 Å². The largest absolute Gasteiger partial charge is 0.346 e. The molecule has 1 unspecified atom stereocenters. The lowest BCUT2D eigenvalue weighted by Crippen LogP contribution is -2.38. The number of hydrogen-bond donors (Lipinski definition) is 1. The van der Waals surface area contributed by atoms with Crippen LogP contribution in [-0.2, 0) is 18.4 Å². The number of fused-ring (bicyclic) bond motifs is 1. The van der Waals surface area contributed by atoms with Crippen LogP contribution >= 0.6 is 0 Å². The second-order valence-electron chi connectivity index (χ2n) is 6.48. The number of nitrogens with zero attached hydrogens (tertiary/aromatic N) is 5. The fraction of sp³-hybridized carbons (Fsp3) is 0.333. The van der Waals surface area contributed by atoms with Crippen LogP contribution < -0.4 is 10.9 Å². The second-order valence-corrected chi connectivity index (χ2v) is 6.48. The third-order valence-corrected chi connectivity index (χ3v) is 4.12. The Balaban J connectivity index is 1.78. The molecule has 26 heavy (non-hydrogen) atoms. The maximum absolute atomic E-state index is 12.5. The number of nitrogens with one attached hydrogen (secondary N) is 1. The summed E-state index contributed by atoms with van der Waals surface area (Å²) in [5.74, 6) is -0.243. The molecule has 1 amide bonds. The van der Waals surface area contributed by atoms with E-state index in [2.05, 4.69) is 15.4 Å². The third-order valence-electron chi connectivity index (χ3n) is 4.12. The molecule has 0 saturated heterocycles. The van der Waals surface area contributed by atoms with Crippen molar-refractivity contribution in [2.45, 2.75) is 12.6 Å². The number of likely N-dealkylation sites (N-methyl/N-ethyl adjacent to an activating group) is 1. The molecular weight excluding hydrogens is 332 g/mol. The van der Waals surface area contributed by atoms with Crippen LogP contribution in [-0.4, -0.2) is 50.8 Å². The Morgan fingerprint density at radius 1 is 1.27 bits per heavy atom. The van der Waals surface area contributed by atoms with E-state index < -0.39 is 0 Å². The van der Waals surface area contributed by atoms with Crippen LogP contribution in [0.25, 0.3) is 11.0 Å². The maximum atomic E-state index is 12.5. The van der Waals surface area contributed by atoms with E-state index in [1.807, 2.05) is 49.3 Å². The molecule has 2 aromatic heterocycles. The monoisotopic (exact) mass is 354 g/mol. The van der Waals surface area contributed by atoms with Crippen molar-refractivity contribution in [3.05, 3.63) is 58.8 Å². The molecule has 0 aliphatic carbocycles. The van der Waals surface area contributed by atoms with Crippen LogP contribution in [0.15, 0.2) is 47.7 Å². The molecule has 8 heteroatoms. The van der Waals surface area contributed by atoms with Gasteiger partial charge in [-0.1, -0.05) is 30.3 Å². The molecule has 1 aromatic carbocycles. The number of aromatic nitrogens is 4. The lowest BCUT2D eigenvalue weighted by Gasteiger charge is -2.23. The molecule has 0 aliphatic heterocycles. The lowest BCUT2D eigenvalue weighted by molar-refractivity contribution is -0.122. The molecule has 2 heterocycles. The van der Waals surface area contributed by atoms with Crippen molar-refractivity contribution in [3.8, 4) is 0 Å². The molecule has 3 rings (SSSR count). The Labute approximate surface area is 151 Å². The van der Waals surface area contributed by atoms with Crippen LogP contribution in [0.1, 0.15) is 11.6 Å². The van der Waals surface area contributed by atoms with Gasteiger partial charge in [0.15, 0.2) is 5.65 Å². The van der Waals surface area contributed by atoms with E-state index in [4.69, 9.17) is 0 Å². The van der Waals surface area contributed by atoms with Gasteiger partial charge in [-0.25, -0.2) is 4.98 Å². The number of hydrogen-bond acceptors (Lipinski definition) is 5. The van der Waals surface area contributed by atoms with Gasteiger partial charge in [0.05, 0.1) is 12.2 Å². The number of amides is 1. The Morgan fingerprint density at radius 2 is 2.00 bits per heavy atom. The normalized spacial score (nSPS) is 12.5. The summed E-state index contributed by atoms with van der Waals surface area (Å²) in [7, 11) is 5.62. The first-order valence-electron chi connectivity index (χ1n) is 8.32. The highest BCUT2D eigenvalue weighted by molar-refractivity contribution is 5.77. The zero-order valence-corrected chi connectivity index (χ0v) is 15.1. The van der Waals surface area contributed by atoms with E-state index in [1.165, 1.54) is 21.8 Å². The van der Waals surface area contributed by atoms with Gasteiger partial charge in [0.25, 0.3) is 5.56 Å². The van der Waals surface area contributed by atoms with Crippen molar-refractivity contribution in [3.63, 3.8) is 0 Å². The Bertz CT molecular complexity index is 961. The van der Waals surface area contributed by atoms with E-state index in [0.717, 1.165) is 5.56 Å². The zero-order chi connectivity index (χ0) is 18.7. The first-order chi connectivity index (χ1) is 12.5. The summed E-state index contributed by atoms with van der Waals surface area (Å²) in [6.45, 7) is 0.567. The molecule has 0 saturated carbocycles.